The minimum absolute atomic E-state index is 0.00721. The van der Waals surface area contributed by atoms with Crippen LogP contribution < -0.4 is 14.8 Å². The number of hydrogen-bond acceptors (Lipinski definition) is 7. The zero-order valence-electron chi connectivity index (χ0n) is 14.1. The highest BCUT2D eigenvalue weighted by atomic mass is 32.1. The predicted molar refractivity (Wildman–Crippen MR) is 95.1 cm³/mol. The van der Waals surface area contributed by atoms with E-state index in [1.54, 1.807) is 0 Å². The van der Waals surface area contributed by atoms with E-state index in [9.17, 15) is 4.79 Å². The second kappa shape index (κ2) is 7.12. The van der Waals surface area contributed by atoms with Gasteiger partial charge >= 0.3 is 0 Å². The number of fused-ring (bicyclic) bond motifs is 1. The third-order valence-electron chi connectivity index (χ3n) is 3.92. The largest absolute Gasteiger partial charge is 0.486 e. The summed E-state index contributed by atoms with van der Waals surface area (Å²) in [5, 5.41) is 17.0. The molecule has 0 bridgehead atoms. The van der Waals surface area contributed by atoms with Crippen molar-refractivity contribution in [3.8, 4) is 22.2 Å². The van der Waals surface area contributed by atoms with Crippen molar-refractivity contribution >= 4 is 17.2 Å². The van der Waals surface area contributed by atoms with Crippen molar-refractivity contribution < 1.29 is 14.3 Å². The Labute approximate surface area is 153 Å². The highest BCUT2D eigenvalue weighted by Crippen LogP contribution is 2.32. The molecule has 1 amide bonds. The monoisotopic (exact) mass is 371 g/mol. The third kappa shape index (κ3) is 3.52. The van der Waals surface area contributed by atoms with E-state index in [0.717, 1.165) is 16.2 Å². The predicted octanol–water partition coefficient (Wildman–Crippen LogP) is 2.05. The molecule has 1 aromatic carbocycles. The Morgan fingerprint density at radius 3 is 2.96 bits per heavy atom. The molecule has 0 aliphatic carbocycles. The smallest absolute Gasteiger partial charge is 0.244 e. The van der Waals surface area contributed by atoms with Crippen LogP contribution in [0.4, 0.5) is 0 Å². The van der Waals surface area contributed by atoms with Crippen LogP contribution in [-0.2, 0) is 11.3 Å². The highest BCUT2D eigenvalue weighted by molar-refractivity contribution is 7.13. The van der Waals surface area contributed by atoms with Gasteiger partial charge in [-0.3, -0.25) is 4.79 Å². The fourth-order valence-electron chi connectivity index (χ4n) is 2.64. The molecule has 1 aliphatic heterocycles. The van der Waals surface area contributed by atoms with Crippen LogP contribution in [-0.4, -0.2) is 39.3 Å². The molecule has 0 saturated heterocycles. The lowest BCUT2D eigenvalue weighted by Crippen LogP contribution is -2.31. The summed E-state index contributed by atoms with van der Waals surface area (Å²) in [6, 6.07) is 9.32. The van der Waals surface area contributed by atoms with E-state index in [1.165, 1.54) is 16.1 Å². The molecule has 1 atom stereocenters. The quantitative estimate of drug-likeness (QED) is 0.738. The summed E-state index contributed by atoms with van der Waals surface area (Å²) < 4.78 is 11.1. The summed E-state index contributed by atoms with van der Waals surface area (Å²) in [5.74, 6) is 1.76. The number of benzene rings is 1. The SMILES string of the molecule is CC(NC(=O)Cn1nnc(-c2cccs2)n1)c1ccc2c(c1)OCCO2. The molecule has 1 N–H and O–H groups in total. The van der Waals surface area contributed by atoms with Crippen LogP contribution in [0.15, 0.2) is 35.7 Å². The minimum atomic E-state index is -0.192. The Kier molecular flexibility index (Phi) is 4.53. The van der Waals surface area contributed by atoms with E-state index in [-0.39, 0.29) is 18.5 Å². The number of hydrogen-bond donors (Lipinski definition) is 1. The molecule has 1 aliphatic rings. The Hall–Kier alpha value is -2.94. The maximum atomic E-state index is 12.3. The average molecular weight is 371 g/mol. The average Bonchev–Trinajstić information content (AvgIpc) is 3.32. The van der Waals surface area contributed by atoms with Gasteiger partial charge in [0.25, 0.3) is 0 Å². The molecule has 0 saturated carbocycles. The lowest BCUT2D eigenvalue weighted by molar-refractivity contribution is -0.122. The van der Waals surface area contributed by atoms with E-state index >= 15 is 0 Å². The summed E-state index contributed by atoms with van der Waals surface area (Å²) >= 11 is 1.53. The first kappa shape index (κ1) is 16.5. The van der Waals surface area contributed by atoms with Crippen molar-refractivity contribution in [2.24, 2.45) is 0 Å². The molecule has 26 heavy (non-hydrogen) atoms. The Morgan fingerprint density at radius 1 is 1.31 bits per heavy atom. The number of nitrogens with zero attached hydrogens (tertiary/aromatic N) is 4. The summed E-state index contributed by atoms with van der Waals surface area (Å²) in [6.07, 6.45) is 0. The van der Waals surface area contributed by atoms with Crippen molar-refractivity contribution in [2.45, 2.75) is 19.5 Å². The molecule has 134 valence electrons. The maximum absolute atomic E-state index is 12.3. The van der Waals surface area contributed by atoms with Crippen LogP contribution in [0, 0.1) is 0 Å². The molecule has 2 aromatic heterocycles. The molecule has 0 fully saturated rings. The van der Waals surface area contributed by atoms with Crippen LogP contribution in [0.25, 0.3) is 10.7 Å². The van der Waals surface area contributed by atoms with E-state index in [4.69, 9.17) is 9.47 Å². The van der Waals surface area contributed by atoms with Crippen LogP contribution >= 0.6 is 11.3 Å². The van der Waals surface area contributed by atoms with Gasteiger partial charge in [0, 0.05) is 0 Å². The molecule has 4 rings (SSSR count). The molecule has 0 spiro atoms. The number of aromatic nitrogens is 4. The van der Waals surface area contributed by atoms with Gasteiger partial charge in [-0.25, -0.2) is 0 Å². The topological polar surface area (TPSA) is 91.2 Å². The molecule has 3 heterocycles. The number of carbonyl (C=O) groups excluding carboxylic acids is 1. The van der Waals surface area contributed by atoms with Gasteiger partial charge in [0.05, 0.1) is 10.9 Å². The van der Waals surface area contributed by atoms with Gasteiger partial charge in [0.1, 0.15) is 19.8 Å². The Bertz CT molecular complexity index is 909. The summed E-state index contributed by atoms with van der Waals surface area (Å²) in [5.41, 5.74) is 0.938. The first-order chi connectivity index (χ1) is 12.7. The van der Waals surface area contributed by atoms with Gasteiger partial charge in [0.2, 0.25) is 11.7 Å². The standard InChI is InChI=1S/C17H17N5O3S/c1-11(12-4-5-13-14(9-12)25-7-6-24-13)18-16(23)10-22-20-17(19-21-22)15-3-2-8-26-15/h2-5,8-9,11H,6-7,10H2,1H3,(H,18,23). The van der Waals surface area contributed by atoms with E-state index in [0.29, 0.717) is 24.8 Å². The van der Waals surface area contributed by atoms with E-state index in [2.05, 4.69) is 20.7 Å². The van der Waals surface area contributed by atoms with Crippen LogP contribution in [0.3, 0.4) is 0 Å². The Balaban J connectivity index is 1.38. The van der Waals surface area contributed by atoms with Crippen molar-refractivity contribution in [2.75, 3.05) is 13.2 Å². The van der Waals surface area contributed by atoms with Gasteiger partial charge in [-0.1, -0.05) is 12.1 Å². The second-order valence-electron chi connectivity index (χ2n) is 5.81. The van der Waals surface area contributed by atoms with Gasteiger partial charge in [-0.05, 0) is 41.3 Å². The van der Waals surface area contributed by atoms with Crippen molar-refractivity contribution in [1.29, 1.82) is 0 Å². The van der Waals surface area contributed by atoms with Crippen molar-refractivity contribution in [1.82, 2.24) is 25.5 Å². The summed E-state index contributed by atoms with van der Waals surface area (Å²) in [4.78, 5) is 14.5. The molecule has 0 radical (unpaired) electrons. The van der Waals surface area contributed by atoms with Gasteiger partial charge < -0.3 is 14.8 Å². The number of tetrazole rings is 1. The maximum Gasteiger partial charge on any atom is 0.244 e. The van der Waals surface area contributed by atoms with Crippen LogP contribution in [0.2, 0.25) is 0 Å². The van der Waals surface area contributed by atoms with Crippen molar-refractivity contribution in [3.63, 3.8) is 0 Å². The number of rotatable bonds is 5. The van der Waals surface area contributed by atoms with Crippen LogP contribution in [0.1, 0.15) is 18.5 Å². The van der Waals surface area contributed by atoms with Crippen LogP contribution in [0.5, 0.6) is 11.5 Å². The lowest BCUT2D eigenvalue weighted by Gasteiger charge is -2.21. The van der Waals surface area contributed by atoms with Gasteiger partial charge in [0.15, 0.2) is 11.5 Å². The first-order valence-electron chi connectivity index (χ1n) is 8.19. The minimum Gasteiger partial charge on any atom is -0.486 e. The number of nitrogens with one attached hydrogen (secondary N) is 1. The zero-order valence-corrected chi connectivity index (χ0v) is 14.9. The summed E-state index contributed by atoms with van der Waals surface area (Å²) in [7, 11) is 0. The third-order valence-corrected chi connectivity index (χ3v) is 4.79. The number of thiophene rings is 1. The zero-order chi connectivity index (χ0) is 17.9. The molecular weight excluding hydrogens is 354 g/mol. The summed E-state index contributed by atoms with van der Waals surface area (Å²) in [6.45, 7) is 3.00. The number of ether oxygens (including phenoxy) is 2. The highest BCUT2D eigenvalue weighted by Gasteiger charge is 2.17. The fourth-order valence-corrected chi connectivity index (χ4v) is 3.29. The Morgan fingerprint density at radius 2 is 2.15 bits per heavy atom. The molecule has 8 nitrogen and oxygen atoms in total. The number of carbonyl (C=O) groups is 1. The van der Waals surface area contributed by atoms with E-state index < -0.39 is 0 Å². The number of amides is 1. The first-order valence-corrected chi connectivity index (χ1v) is 9.07. The second-order valence-corrected chi connectivity index (χ2v) is 6.76. The molecule has 3 aromatic rings. The lowest BCUT2D eigenvalue weighted by atomic mass is 10.1. The van der Waals surface area contributed by atoms with E-state index in [1.807, 2.05) is 42.6 Å². The van der Waals surface area contributed by atoms with Gasteiger partial charge in [-0.15, -0.1) is 21.5 Å². The molecule has 9 heteroatoms. The fraction of sp³-hybridized carbons (Fsp3) is 0.294. The molecular formula is C17H17N5O3S. The molecule has 1 unspecified atom stereocenters. The van der Waals surface area contributed by atoms with Gasteiger partial charge in [-0.2, -0.15) is 4.80 Å². The normalized spacial score (nSPS) is 14.0. The van der Waals surface area contributed by atoms with Crippen molar-refractivity contribution in [3.05, 3.63) is 41.3 Å².